The molecule has 0 aliphatic carbocycles. The van der Waals surface area contributed by atoms with Gasteiger partial charge in [0.2, 0.25) is 10.0 Å². The molecule has 0 bridgehead atoms. The summed E-state index contributed by atoms with van der Waals surface area (Å²) in [6.45, 7) is 9.85. The summed E-state index contributed by atoms with van der Waals surface area (Å²) < 4.78 is 38.4. The molecule has 0 unspecified atom stereocenters. The van der Waals surface area contributed by atoms with Crippen molar-refractivity contribution in [3.8, 4) is 11.5 Å². The fourth-order valence-electron chi connectivity index (χ4n) is 3.02. The van der Waals surface area contributed by atoms with E-state index in [1.807, 2.05) is 69.3 Å². The van der Waals surface area contributed by atoms with Crippen molar-refractivity contribution < 1.29 is 23.0 Å². The second kappa shape index (κ2) is 16.7. The molecule has 0 atom stereocenters. The highest BCUT2D eigenvalue weighted by molar-refractivity contribution is 7.89. The zero-order chi connectivity index (χ0) is 27.8. The van der Waals surface area contributed by atoms with Crippen molar-refractivity contribution in [3.05, 3.63) is 83.4 Å². The molecule has 0 aliphatic rings. The smallest absolute Gasteiger partial charge is 0.215 e. The van der Waals surface area contributed by atoms with Gasteiger partial charge in [0.25, 0.3) is 0 Å². The average Bonchev–Trinajstić information content (AvgIpc) is 2.89. The third-order valence-electron chi connectivity index (χ3n) is 4.85. The highest BCUT2D eigenvalue weighted by Gasteiger charge is 2.23. The van der Waals surface area contributed by atoms with Crippen molar-refractivity contribution in [2.75, 3.05) is 20.0 Å². The van der Waals surface area contributed by atoms with Crippen LogP contribution in [0, 0.1) is 6.92 Å². The first-order chi connectivity index (χ1) is 17.6. The van der Waals surface area contributed by atoms with Crippen LogP contribution in [0.15, 0.2) is 60.9 Å². The molecule has 9 heteroatoms. The zero-order valence-corrected chi connectivity index (χ0v) is 23.8. The maximum Gasteiger partial charge on any atom is 0.215 e. The number of rotatable bonds is 10. The topological polar surface area (TPSA) is 102 Å². The van der Waals surface area contributed by atoms with Crippen LogP contribution in [0.1, 0.15) is 50.2 Å². The van der Waals surface area contributed by atoms with E-state index >= 15 is 0 Å². The van der Waals surface area contributed by atoms with Crippen LogP contribution in [0.3, 0.4) is 0 Å². The van der Waals surface area contributed by atoms with E-state index in [0.717, 1.165) is 28.2 Å². The number of methoxy groups -OCH3 is 2. The summed E-state index contributed by atoms with van der Waals surface area (Å²) in [5, 5.41) is 8.06. The molecule has 1 heterocycles. The molecule has 204 valence electrons. The molecule has 2 aromatic carbocycles. The number of benzene rings is 2. The third kappa shape index (κ3) is 12.2. The van der Waals surface area contributed by atoms with Crippen molar-refractivity contribution >= 4 is 10.0 Å². The van der Waals surface area contributed by atoms with Crippen molar-refractivity contribution in [2.45, 2.75) is 60.2 Å². The second-order valence-electron chi connectivity index (χ2n) is 8.30. The SMILES string of the molecule is CC.CC(C)O.COc1ccc(CN(Cc2ccc(OC)cc2)S(=O)(=O)CCc2ncc(C)cn2)cc1. The molecule has 3 aromatic rings. The van der Waals surface area contributed by atoms with E-state index < -0.39 is 10.0 Å². The van der Waals surface area contributed by atoms with Gasteiger partial charge in [-0.15, -0.1) is 0 Å². The lowest BCUT2D eigenvalue weighted by atomic mass is 10.2. The Balaban J connectivity index is 0.00000104. The van der Waals surface area contributed by atoms with Gasteiger partial charge in [-0.1, -0.05) is 38.1 Å². The Morgan fingerprint density at radius 3 is 1.57 bits per heavy atom. The molecule has 0 aliphatic heterocycles. The number of sulfonamides is 1. The average molecular weight is 532 g/mol. The number of nitrogens with zero attached hydrogens (tertiary/aromatic N) is 3. The number of hydrogen-bond acceptors (Lipinski definition) is 7. The van der Waals surface area contributed by atoms with Gasteiger partial charge < -0.3 is 14.6 Å². The predicted molar refractivity (Wildman–Crippen MR) is 148 cm³/mol. The van der Waals surface area contributed by atoms with Gasteiger partial charge in [0.05, 0.1) is 20.0 Å². The molecule has 0 saturated heterocycles. The Labute approximate surface area is 222 Å². The van der Waals surface area contributed by atoms with Gasteiger partial charge in [-0.25, -0.2) is 18.4 Å². The van der Waals surface area contributed by atoms with Gasteiger partial charge in [0.1, 0.15) is 17.3 Å². The van der Waals surface area contributed by atoms with Gasteiger partial charge in [-0.2, -0.15) is 4.31 Å². The molecular formula is C28H41N3O5S. The van der Waals surface area contributed by atoms with E-state index in [9.17, 15) is 8.42 Å². The normalized spacial score (nSPS) is 10.8. The van der Waals surface area contributed by atoms with Crippen LogP contribution < -0.4 is 9.47 Å². The monoisotopic (exact) mass is 531 g/mol. The van der Waals surface area contributed by atoms with Crippen molar-refractivity contribution in [3.63, 3.8) is 0 Å². The molecule has 0 saturated carbocycles. The third-order valence-corrected chi connectivity index (χ3v) is 6.61. The van der Waals surface area contributed by atoms with Crippen molar-refractivity contribution in [1.82, 2.24) is 14.3 Å². The molecule has 1 N–H and O–H groups in total. The maximum absolute atomic E-state index is 13.2. The number of hydrogen-bond donors (Lipinski definition) is 1. The minimum absolute atomic E-state index is 0.0671. The minimum Gasteiger partial charge on any atom is -0.497 e. The number of aliphatic hydroxyl groups is 1. The number of aromatic nitrogens is 2. The van der Waals surface area contributed by atoms with Crippen LogP contribution in [0.25, 0.3) is 0 Å². The van der Waals surface area contributed by atoms with Crippen molar-refractivity contribution in [2.24, 2.45) is 0 Å². The van der Waals surface area contributed by atoms with Crippen LogP contribution in [0.4, 0.5) is 0 Å². The van der Waals surface area contributed by atoms with E-state index in [2.05, 4.69) is 9.97 Å². The standard InChI is InChI=1S/C23H27N3O4S.C3H8O.C2H6/c1-18-14-24-23(25-15-18)12-13-31(27,28)26(16-19-4-8-21(29-2)9-5-19)17-20-6-10-22(30-3)11-7-20;1-3(2)4;1-2/h4-11,14-15H,12-13,16-17H2,1-3H3;3-4H,1-2H3;1-2H3. The lowest BCUT2D eigenvalue weighted by Gasteiger charge is -2.23. The van der Waals surface area contributed by atoms with Crippen LogP contribution in [-0.2, 0) is 29.5 Å². The van der Waals surface area contributed by atoms with Crippen LogP contribution >= 0.6 is 0 Å². The zero-order valence-electron chi connectivity index (χ0n) is 23.0. The summed E-state index contributed by atoms with van der Waals surface area (Å²) in [6, 6.07) is 14.8. The first-order valence-corrected chi connectivity index (χ1v) is 13.9. The van der Waals surface area contributed by atoms with E-state index in [4.69, 9.17) is 14.6 Å². The Hall–Kier alpha value is -3.01. The summed E-state index contributed by atoms with van der Waals surface area (Å²) in [4.78, 5) is 8.45. The maximum atomic E-state index is 13.2. The van der Waals surface area contributed by atoms with Gasteiger partial charge in [0, 0.05) is 38.0 Å². The molecule has 1 aromatic heterocycles. The fourth-order valence-corrected chi connectivity index (χ4v) is 4.41. The van der Waals surface area contributed by atoms with Gasteiger partial charge in [-0.05, 0) is 61.7 Å². The summed E-state index contributed by atoms with van der Waals surface area (Å²) in [7, 11) is -0.368. The number of aliphatic hydroxyl groups excluding tert-OH is 1. The van der Waals surface area contributed by atoms with Gasteiger partial charge >= 0.3 is 0 Å². The largest absolute Gasteiger partial charge is 0.497 e. The molecule has 0 fully saturated rings. The number of aryl methyl sites for hydroxylation is 2. The summed E-state index contributed by atoms with van der Waals surface area (Å²) in [5.74, 6) is 1.90. The minimum atomic E-state index is -3.57. The first-order valence-electron chi connectivity index (χ1n) is 12.3. The first kappa shape index (κ1) is 32.0. The highest BCUT2D eigenvalue weighted by Crippen LogP contribution is 2.19. The van der Waals surface area contributed by atoms with E-state index in [-0.39, 0.29) is 31.4 Å². The molecule has 37 heavy (non-hydrogen) atoms. The Morgan fingerprint density at radius 1 is 0.838 bits per heavy atom. The Kier molecular flexibility index (Phi) is 14.4. The van der Waals surface area contributed by atoms with E-state index in [0.29, 0.717) is 5.82 Å². The lowest BCUT2D eigenvalue weighted by molar-refractivity contribution is 0.216. The summed E-state index contributed by atoms with van der Waals surface area (Å²) in [6.07, 6.45) is 3.48. The van der Waals surface area contributed by atoms with E-state index in [1.165, 1.54) is 4.31 Å². The van der Waals surface area contributed by atoms with Gasteiger partial charge in [-0.3, -0.25) is 0 Å². The van der Waals surface area contributed by atoms with Gasteiger partial charge in [0.15, 0.2) is 0 Å². The lowest BCUT2D eigenvalue weighted by Crippen LogP contribution is -2.33. The molecular weight excluding hydrogens is 490 g/mol. The quantitative estimate of drug-likeness (QED) is 0.401. The van der Waals surface area contributed by atoms with Crippen LogP contribution in [-0.4, -0.2) is 53.9 Å². The van der Waals surface area contributed by atoms with E-state index in [1.54, 1.807) is 40.5 Å². The Morgan fingerprint density at radius 2 is 1.22 bits per heavy atom. The Bertz CT molecular complexity index is 1070. The summed E-state index contributed by atoms with van der Waals surface area (Å²) >= 11 is 0. The number of ether oxygens (including phenoxy) is 2. The molecule has 3 rings (SSSR count). The molecule has 8 nitrogen and oxygen atoms in total. The van der Waals surface area contributed by atoms with Crippen LogP contribution in [0.5, 0.6) is 11.5 Å². The second-order valence-corrected chi connectivity index (χ2v) is 10.4. The van der Waals surface area contributed by atoms with Crippen molar-refractivity contribution in [1.29, 1.82) is 0 Å². The van der Waals surface area contributed by atoms with Crippen LogP contribution in [0.2, 0.25) is 0 Å². The predicted octanol–water partition coefficient (Wildman–Crippen LogP) is 4.79. The summed E-state index contributed by atoms with van der Waals surface area (Å²) in [5.41, 5.74) is 2.70. The molecule has 0 amide bonds. The fraction of sp³-hybridized carbons (Fsp3) is 0.429. The highest BCUT2D eigenvalue weighted by atomic mass is 32.2. The molecule has 0 radical (unpaired) electrons. The molecule has 0 spiro atoms.